The molecule has 0 bridgehead atoms. The van der Waals surface area contributed by atoms with E-state index in [0.717, 1.165) is 11.5 Å². The highest BCUT2D eigenvalue weighted by molar-refractivity contribution is 7.98. The summed E-state index contributed by atoms with van der Waals surface area (Å²) in [6.45, 7) is 4.33. The maximum Gasteiger partial charge on any atom is 0.191 e. The Balaban J connectivity index is 2.34. The van der Waals surface area contributed by atoms with Crippen molar-refractivity contribution in [2.45, 2.75) is 24.9 Å². The third-order valence-electron chi connectivity index (χ3n) is 2.88. The van der Waals surface area contributed by atoms with Crippen molar-refractivity contribution in [1.29, 1.82) is 0 Å². The number of benzene rings is 1. The van der Waals surface area contributed by atoms with E-state index >= 15 is 0 Å². The van der Waals surface area contributed by atoms with Crippen molar-refractivity contribution in [3.63, 3.8) is 0 Å². The molecule has 0 aliphatic heterocycles. The van der Waals surface area contributed by atoms with Gasteiger partial charge in [-0.05, 0) is 23.8 Å². The zero-order chi connectivity index (χ0) is 14.5. The predicted octanol–water partition coefficient (Wildman–Crippen LogP) is 3.35. The molecule has 20 heavy (non-hydrogen) atoms. The number of nitrogen functional groups attached to an aromatic ring is 1. The first-order valence-electron chi connectivity index (χ1n) is 6.39. The van der Waals surface area contributed by atoms with Crippen LogP contribution in [0.25, 0.3) is 0 Å². The molecule has 106 valence electrons. The van der Waals surface area contributed by atoms with Gasteiger partial charge in [0, 0.05) is 11.8 Å². The van der Waals surface area contributed by atoms with Crippen molar-refractivity contribution in [3.05, 3.63) is 35.9 Å². The van der Waals surface area contributed by atoms with Gasteiger partial charge in [0.15, 0.2) is 5.16 Å². The average Bonchev–Trinajstić information content (AvgIpc) is 2.47. The fourth-order valence-electron chi connectivity index (χ4n) is 1.91. The lowest BCUT2D eigenvalue weighted by Gasteiger charge is -2.14. The number of hydrogen-bond acceptors (Lipinski definition) is 6. The second-order valence-electron chi connectivity index (χ2n) is 4.64. The number of aromatic nitrogens is 2. The number of nitrogens with zero attached hydrogens (tertiary/aromatic N) is 2. The number of anilines is 3. The van der Waals surface area contributed by atoms with Crippen molar-refractivity contribution in [3.8, 4) is 0 Å². The zero-order valence-corrected chi connectivity index (χ0v) is 12.7. The quantitative estimate of drug-likeness (QED) is 0.339. The first-order valence-corrected chi connectivity index (χ1v) is 7.62. The van der Waals surface area contributed by atoms with Crippen LogP contribution in [-0.4, -0.2) is 16.2 Å². The van der Waals surface area contributed by atoms with Crippen LogP contribution >= 0.6 is 11.8 Å². The summed E-state index contributed by atoms with van der Waals surface area (Å²) in [6.07, 6.45) is 1.93. The third-order valence-corrected chi connectivity index (χ3v) is 3.43. The van der Waals surface area contributed by atoms with E-state index in [9.17, 15) is 0 Å². The van der Waals surface area contributed by atoms with Crippen LogP contribution in [0.15, 0.2) is 35.5 Å². The number of nitrogens with two attached hydrogens (primary N) is 1. The molecule has 0 aliphatic rings. The summed E-state index contributed by atoms with van der Waals surface area (Å²) < 4.78 is 0. The molecule has 0 spiro atoms. The minimum absolute atomic E-state index is 0.438. The number of hydrogen-bond donors (Lipinski definition) is 3. The fourth-order valence-corrected chi connectivity index (χ4v) is 2.29. The van der Waals surface area contributed by atoms with Crippen molar-refractivity contribution in [2.24, 2.45) is 5.84 Å². The molecule has 5 nitrogen and oxygen atoms in total. The average molecular weight is 289 g/mol. The van der Waals surface area contributed by atoms with Crippen LogP contribution in [0.1, 0.15) is 25.3 Å². The fraction of sp³-hybridized carbons (Fsp3) is 0.286. The summed E-state index contributed by atoms with van der Waals surface area (Å²) in [7, 11) is 0. The molecule has 2 rings (SSSR count). The van der Waals surface area contributed by atoms with Gasteiger partial charge in [-0.3, -0.25) is 0 Å². The minimum Gasteiger partial charge on any atom is -0.340 e. The number of rotatable bonds is 5. The Kier molecular flexibility index (Phi) is 4.81. The van der Waals surface area contributed by atoms with Crippen LogP contribution in [-0.2, 0) is 0 Å². The van der Waals surface area contributed by atoms with E-state index in [1.165, 1.54) is 17.3 Å². The molecular formula is C14H19N5S. The van der Waals surface area contributed by atoms with E-state index < -0.39 is 0 Å². The van der Waals surface area contributed by atoms with Gasteiger partial charge in [-0.1, -0.05) is 43.8 Å². The van der Waals surface area contributed by atoms with Crippen molar-refractivity contribution >= 4 is 29.1 Å². The lowest BCUT2D eigenvalue weighted by molar-refractivity contribution is 0.868. The molecule has 6 heteroatoms. The van der Waals surface area contributed by atoms with Crippen molar-refractivity contribution < 1.29 is 0 Å². The highest BCUT2D eigenvalue weighted by atomic mass is 32.2. The summed E-state index contributed by atoms with van der Waals surface area (Å²) in [6, 6.07) is 10.0. The molecule has 1 aromatic heterocycles. The molecule has 0 saturated carbocycles. The first-order chi connectivity index (χ1) is 9.63. The molecule has 0 amide bonds. The van der Waals surface area contributed by atoms with Crippen LogP contribution in [0.2, 0.25) is 0 Å². The van der Waals surface area contributed by atoms with Crippen LogP contribution in [0.3, 0.4) is 0 Å². The summed E-state index contributed by atoms with van der Waals surface area (Å²) in [4.78, 5) is 8.69. The van der Waals surface area contributed by atoms with E-state index in [1.807, 2.05) is 24.5 Å². The Labute approximate surface area is 123 Å². The lowest BCUT2D eigenvalue weighted by Crippen LogP contribution is -2.10. The molecule has 1 heterocycles. The van der Waals surface area contributed by atoms with Crippen molar-refractivity contribution in [2.75, 3.05) is 17.0 Å². The summed E-state index contributed by atoms with van der Waals surface area (Å²) in [5.74, 6) is 7.19. The van der Waals surface area contributed by atoms with Gasteiger partial charge in [0.1, 0.15) is 11.6 Å². The van der Waals surface area contributed by atoms with Gasteiger partial charge in [0.05, 0.1) is 0 Å². The van der Waals surface area contributed by atoms with Crippen LogP contribution in [0, 0.1) is 0 Å². The Hall–Kier alpha value is -1.79. The van der Waals surface area contributed by atoms with Gasteiger partial charge in [-0.25, -0.2) is 15.8 Å². The smallest absolute Gasteiger partial charge is 0.191 e. The topological polar surface area (TPSA) is 75.9 Å². The SMILES string of the molecule is CSc1nc(NN)cc(Nc2ccccc2C(C)C)n1. The van der Waals surface area contributed by atoms with E-state index in [4.69, 9.17) is 5.84 Å². The van der Waals surface area contributed by atoms with Gasteiger partial charge in [-0.15, -0.1) is 0 Å². The molecule has 0 aliphatic carbocycles. The van der Waals surface area contributed by atoms with E-state index in [1.54, 1.807) is 6.07 Å². The normalized spacial score (nSPS) is 10.7. The lowest BCUT2D eigenvalue weighted by atomic mass is 10.0. The number of hydrazine groups is 1. The summed E-state index contributed by atoms with van der Waals surface area (Å²) in [5.41, 5.74) is 4.86. The molecule has 0 radical (unpaired) electrons. The van der Waals surface area contributed by atoms with E-state index in [-0.39, 0.29) is 0 Å². The van der Waals surface area contributed by atoms with Crippen LogP contribution in [0.4, 0.5) is 17.3 Å². The summed E-state index contributed by atoms with van der Waals surface area (Å²) >= 11 is 1.48. The van der Waals surface area contributed by atoms with Gasteiger partial charge in [-0.2, -0.15) is 0 Å². The van der Waals surface area contributed by atoms with Crippen LogP contribution in [0.5, 0.6) is 0 Å². The predicted molar refractivity (Wildman–Crippen MR) is 85.4 cm³/mol. The molecule has 0 atom stereocenters. The Bertz CT molecular complexity index is 563. The highest BCUT2D eigenvalue weighted by Gasteiger charge is 2.08. The molecule has 1 aromatic carbocycles. The molecular weight excluding hydrogens is 270 g/mol. The Morgan fingerprint density at radius 1 is 1.15 bits per heavy atom. The van der Waals surface area contributed by atoms with E-state index in [2.05, 4.69) is 40.6 Å². The molecule has 2 aromatic rings. The van der Waals surface area contributed by atoms with Gasteiger partial charge in [0.2, 0.25) is 0 Å². The maximum absolute atomic E-state index is 5.44. The second-order valence-corrected chi connectivity index (χ2v) is 5.41. The largest absolute Gasteiger partial charge is 0.340 e. The van der Waals surface area contributed by atoms with E-state index in [0.29, 0.717) is 16.9 Å². The van der Waals surface area contributed by atoms with Gasteiger partial charge >= 0.3 is 0 Å². The second kappa shape index (κ2) is 6.58. The number of nitrogens with one attached hydrogen (secondary N) is 2. The van der Waals surface area contributed by atoms with Crippen LogP contribution < -0.4 is 16.6 Å². The monoisotopic (exact) mass is 289 g/mol. The molecule has 0 saturated heterocycles. The standard InChI is InChI=1S/C14H19N5S/c1-9(2)10-6-4-5-7-11(10)16-12-8-13(19-15)18-14(17-12)20-3/h4-9H,15H2,1-3H3,(H2,16,17,18,19). The number of thioether (sulfide) groups is 1. The van der Waals surface area contributed by atoms with Crippen molar-refractivity contribution in [1.82, 2.24) is 9.97 Å². The summed E-state index contributed by atoms with van der Waals surface area (Å²) in [5, 5.41) is 4.01. The zero-order valence-electron chi connectivity index (χ0n) is 11.8. The van der Waals surface area contributed by atoms with Gasteiger partial charge < -0.3 is 10.7 Å². The Morgan fingerprint density at radius 3 is 2.50 bits per heavy atom. The molecule has 4 N–H and O–H groups in total. The maximum atomic E-state index is 5.44. The van der Waals surface area contributed by atoms with Gasteiger partial charge in [0.25, 0.3) is 0 Å². The third kappa shape index (κ3) is 3.40. The minimum atomic E-state index is 0.438. The molecule has 0 fully saturated rings. The number of para-hydroxylation sites is 1. The Morgan fingerprint density at radius 2 is 1.85 bits per heavy atom. The first kappa shape index (κ1) is 14.6. The molecule has 0 unspecified atom stereocenters. The highest BCUT2D eigenvalue weighted by Crippen LogP contribution is 2.27.